The highest BCUT2D eigenvalue weighted by atomic mass is 32.1. The fourth-order valence-electron chi connectivity index (χ4n) is 1.49. The molecule has 1 saturated heterocycles. The Morgan fingerprint density at radius 2 is 2.06 bits per heavy atom. The number of rotatable bonds is 2. The quantitative estimate of drug-likeness (QED) is 0.710. The molecule has 7 nitrogen and oxygen atoms in total. The molecule has 2 rings (SSSR count). The topological polar surface area (TPSA) is 95.4 Å². The van der Waals surface area contributed by atoms with E-state index in [0.717, 1.165) is 11.5 Å². The predicted molar refractivity (Wildman–Crippen MR) is 55.6 cm³/mol. The number of hydrogen-bond donors (Lipinski definition) is 2. The fourth-order valence-corrected chi connectivity index (χ4v) is 1.99. The Morgan fingerprint density at radius 1 is 1.38 bits per heavy atom. The Kier molecular flexibility index (Phi) is 3.11. The molecular formula is C8H10N4O3S. The minimum Gasteiger partial charge on any atom is -0.477 e. The molecule has 1 aromatic heterocycles. The molecule has 1 aliphatic heterocycles. The van der Waals surface area contributed by atoms with Crippen LogP contribution in [0.1, 0.15) is 20.2 Å². The van der Waals surface area contributed by atoms with Crippen molar-refractivity contribution in [1.29, 1.82) is 0 Å². The Hall–Kier alpha value is -1.54. The van der Waals surface area contributed by atoms with Gasteiger partial charge in [0.2, 0.25) is 0 Å². The van der Waals surface area contributed by atoms with Gasteiger partial charge in [-0.3, -0.25) is 4.79 Å². The molecule has 2 heterocycles. The van der Waals surface area contributed by atoms with E-state index in [1.165, 1.54) is 0 Å². The maximum atomic E-state index is 11.9. The van der Waals surface area contributed by atoms with E-state index in [2.05, 4.69) is 14.9 Å². The molecule has 0 bridgehead atoms. The molecule has 1 fully saturated rings. The lowest BCUT2D eigenvalue weighted by atomic mass is 10.3. The van der Waals surface area contributed by atoms with Crippen molar-refractivity contribution >= 4 is 23.4 Å². The lowest BCUT2D eigenvalue weighted by molar-refractivity contribution is 0.0672. The smallest absolute Gasteiger partial charge is 0.350 e. The third kappa shape index (κ3) is 2.02. The van der Waals surface area contributed by atoms with E-state index >= 15 is 0 Å². The molecule has 86 valence electrons. The van der Waals surface area contributed by atoms with Crippen LogP contribution in [-0.2, 0) is 0 Å². The van der Waals surface area contributed by atoms with Crippen LogP contribution in [0.2, 0.25) is 0 Å². The zero-order valence-electron chi connectivity index (χ0n) is 8.34. The van der Waals surface area contributed by atoms with Gasteiger partial charge in [0.1, 0.15) is 0 Å². The standard InChI is InChI=1S/C8H10N4O3S/c13-7(12-3-1-9-2-4-12)5-6(8(14)15)16-11-10-5/h9H,1-4H2,(H,14,15). The van der Waals surface area contributed by atoms with Crippen LogP contribution in [0.4, 0.5) is 0 Å². The van der Waals surface area contributed by atoms with Crippen molar-refractivity contribution in [3.05, 3.63) is 10.6 Å². The summed E-state index contributed by atoms with van der Waals surface area (Å²) in [5.41, 5.74) is -0.0561. The number of piperazine rings is 1. The third-order valence-electron chi connectivity index (χ3n) is 2.29. The molecular weight excluding hydrogens is 232 g/mol. The third-order valence-corrected chi connectivity index (χ3v) is 3.00. The number of carboxylic acid groups (broad SMARTS) is 1. The molecule has 0 radical (unpaired) electrons. The van der Waals surface area contributed by atoms with Crippen LogP contribution in [0.3, 0.4) is 0 Å². The molecule has 0 saturated carbocycles. The Labute approximate surface area is 95.2 Å². The van der Waals surface area contributed by atoms with Crippen molar-refractivity contribution in [1.82, 2.24) is 19.8 Å². The van der Waals surface area contributed by atoms with Crippen molar-refractivity contribution in [2.24, 2.45) is 0 Å². The van der Waals surface area contributed by atoms with Gasteiger partial charge in [-0.05, 0) is 11.5 Å². The maximum absolute atomic E-state index is 11.9. The van der Waals surface area contributed by atoms with Crippen LogP contribution in [-0.4, -0.2) is 57.6 Å². The van der Waals surface area contributed by atoms with Crippen molar-refractivity contribution in [3.63, 3.8) is 0 Å². The second-order valence-corrected chi connectivity index (χ2v) is 4.05. The maximum Gasteiger partial charge on any atom is 0.350 e. The average Bonchev–Trinajstić information content (AvgIpc) is 2.78. The van der Waals surface area contributed by atoms with Crippen molar-refractivity contribution in [2.75, 3.05) is 26.2 Å². The van der Waals surface area contributed by atoms with Crippen molar-refractivity contribution in [2.45, 2.75) is 0 Å². The second kappa shape index (κ2) is 4.54. The monoisotopic (exact) mass is 242 g/mol. The minimum atomic E-state index is -1.16. The number of amides is 1. The zero-order valence-corrected chi connectivity index (χ0v) is 9.16. The van der Waals surface area contributed by atoms with Gasteiger partial charge < -0.3 is 15.3 Å². The van der Waals surface area contributed by atoms with Gasteiger partial charge in [-0.15, -0.1) is 5.10 Å². The fraction of sp³-hybridized carbons (Fsp3) is 0.500. The highest BCUT2D eigenvalue weighted by molar-refractivity contribution is 7.08. The first kappa shape index (κ1) is 11.0. The number of nitrogens with one attached hydrogen (secondary N) is 1. The average molecular weight is 242 g/mol. The lowest BCUT2D eigenvalue weighted by Crippen LogP contribution is -2.46. The SMILES string of the molecule is O=C(O)c1snnc1C(=O)N1CCNCC1. The van der Waals surface area contributed by atoms with E-state index < -0.39 is 5.97 Å². The number of carbonyl (C=O) groups is 2. The van der Waals surface area contributed by atoms with Crippen LogP contribution in [0, 0.1) is 0 Å². The summed E-state index contributed by atoms with van der Waals surface area (Å²) in [6.45, 7) is 2.56. The van der Waals surface area contributed by atoms with Crippen molar-refractivity contribution < 1.29 is 14.7 Å². The molecule has 1 aliphatic rings. The molecule has 16 heavy (non-hydrogen) atoms. The summed E-state index contributed by atoms with van der Waals surface area (Å²) in [7, 11) is 0. The van der Waals surface area contributed by atoms with Gasteiger partial charge in [-0.2, -0.15) is 0 Å². The summed E-state index contributed by atoms with van der Waals surface area (Å²) >= 11 is 0.726. The van der Waals surface area contributed by atoms with Crippen LogP contribution in [0.15, 0.2) is 0 Å². The lowest BCUT2D eigenvalue weighted by Gasteiger charge is -2.26. The van der Waals surface area contributed by atoms with Gasteiger partial charge in [0.05, 0.1) is 0 Å². The second-order valence-electron chi connectivity index (χ2n) is 3.30. The van der Waals surface area contributed by atoms with Crippen LogP contribution >= 0.6 is 11.5 Å². The van der Waals surface area contributed by atoms with E-state index in [1.54, 1.807) is 4.90 Å². The Balaban J connectivity index is 2.19. The summed E-state index contributed by atoms with van der Waals surface area (Å²) in [4.78, 5) is 24.2. The van der Waals surface area contributed by atoms with E-state index in [9.17, 15) is 9.59 Å². The normalized spacial score (nSPS) is 16.1. The molecule has 0 spiro atoms. The Bertz CT molecular complexity index is 413. The molecule has 0 aromatic carbocycles. The van der Waals surface area contributed by atoms with Gasteiger partial charge in [-0.25, -0.2) is 4.79 Å². The summed E-state index contributed by atoms with van der Waals surface area (Å²) in [6, 6.07) is 0. The molecule has 0 atom stereocenters. The summed E-state index contributed by atoms with van der Waals surface area (Å²) in [5, 5.41) is 15.5. The number of carboxylic acids is 1. The molecule has 0 aliphatic carbocycles. The first-order valence-electron chi connectivity index (χ1n) is 4.76. The molecule has 8 heteroatoms. The number of hydrogen-bond acceptors (Lipinski definition) is 6. The largest absolute Gasteiger partial charge is 0.477 e. The van der Waals surface area contributed by atoms with Crippen LogP contribution < -0.4 is 5.32 Å². The van der Waals surface area contributed by atoms with Crippen LogP contribution in [0.5, 0.6) is 0 Å². The van der Waals surface area contributed by atoms with E-state index in [1.807, 2.05) is 0 Å². The Morgan fingerprint density at radius 3 is 2.69 bits per heavy atom. The molecule has 1 amide bonds. The van der Waals surface area contributed by atoms with Gasteiger partial charge in [-0.1, -0.05) is 4.49 Å². The van der Waals surface area contributed by atoms with Crippen molar-refractivity contribution in [3.8, 4) is 0 Å². The summed E-state index contributed by atoms with van der Waals surface area (Å²) in [6.07, 6.45) is 0. The number of aromatic nitrogens is 2. The predicted octanol–water partition coefficient (Wildman–Crippen LogP) is -0.718. The summed E-state index contributed by atoms with van der Waals surface area (Å²) in [5.74, 6) is -1.51. The minimum absolute atomic E-state index is 0.0561. The molecule has 0 unspecified atom stereocenters. The summed E-state index contributed by atoms with van der Waals surface area (Å²) < 4.78 is 3.51. The van der Waals surface area contributed by atoms with E-state index in [-0.39, 0.29) is 16.5 Å². The van der Waals surface area contributed by atoms with Gasteiger partial charge >= 0.3 is 5.97 Å². The first-order chi connectivity index (χ1) is 7.70. The van der Waals surface area contributed by atoms with E-state index in [0.29, 0.717) is 26.2 Å². The number of aromatic carboxylic acids is 1. The van der Waals surface area contributed by atoms with Gasteiger partial charge in [0.15, 0.2) is 10.6 Å². The van der Waals surface area contributed by atoms with Gasteiger partial charge in [0, 0.05) is 26.2 Å². The first-order valence-corrected chi connectivity index (χ1v) is 5.53. The zero-order chi connectivity index (χ0) is 11.5. The van der Waals surface area contributed by atoms with E-state index in [4.69, 9.17) is 5.11 Å². The molecule has 1 aromatic rings. The number of carbonyl (C=O) groups excluding carboxylic acids is 1. The highest BCUT2D eigenvalue weighted by Gasteiger charge is 2.26. The molecule has 2 N–H and O–H groups in total. The van der Waals surface area contributed by atoms with Crippen LogP contribution in [0.25, 0.3) is 0 Å². The number of nitrogens with zero attached hydrogens (tertiary/aromatic N) is 3. The highest BCUT2D eigenvalue weighted by Crippen LogP contribution is 2.13. The van der Waals surface area contributed by atoms with Gasteiger partial charge in [0.25, 0.3) is 5.91 Å².